The van der Waals surface area contributed by atoms with Crippen molar-refractivity contribution in [3.8, 4) is 0 Å². The molecule has 0 bridgehead atoms. The summed E-state index contributed by atoms with van der Waals surface area (Å²) in [7, 11) is -4.81. The SMILES string of the molecule is O=C(Nc1ccccc1S(=O)(=O)C(F)F)c1cn[nH]n1. The normalized spacial score (nSPS) is 11.6. The summed E-state index contributed by atoms with van der Waals surface area (Å²) in [6, 6.07) is 4.87. The summed E-state index contributed by atoms with van der Waals surface area (Å²) < 4.78 is 48.1. The molecule has 0 aliphatic rings. The van der Waals surface area contributed by atoms with Crippen molar-refractivity contribution in [2.45, 2.75) is 10.7 Å². The Morgan fingerprint density at radius 1 is 1.30 bits per heavy atom. The number of nitrogens with one attached hydrogen (secondary N) is 2. The number of sulfone groups is 1. The molecule has 1 aromatic carbocycles. The predicted molar refractivity (Wildman–Crippen MR) is 64.0 cm³/mol. The minimum Gasteiger partial charge on any atom is -0.319 e. The molecular formula is C10H8F2N4O3S. The average Bonchev–Trinajstić information content (AvgIpc) is 2.93. The molecule has 10 heteroatoms. The molecular weight excluding hydrogens is 294 g/mol. The van der Waals surface area contributed by atoms with Crippen molar-refractivity contribution in [3.05, 3.63) is 36.2 Å². The lowest BCUT2D eigenvalue weighted by atomic mass is 10.3. The van der Waals surface area contributed by atoms with E-state index in [4.69, 9.17) is 0 Å². The Morgan fingerprint density at radius 3 is 2.60 bits per heavy atom. The third kappa shape index (κ3) is 2.64. The molecule has 0 aliphatic carbocycles. The number of amides is 1. The first-order chi connectivity index (χ1) is 9.43. The van der Waals surface area contributed by atoms with Crippen LogP contribution in [0.1, 0.15) is 10.5 Å². The van der Waals surface area contributed by atoms with E-state index in [9.17, 15) is 22.0 Å². The van der Waals surface area contributed by atoms with Gasteiger partial charge in [0.25, 0.3) is 5.91 Å². The summed E-state index contributed by atoms with van der Waals surface area (Å²) in [5.41, 5.74) is -0.352. The fourth-order valence-corrected chi connectivity index (χ4v) is 2.30. The lowest BCUT2D eigenvalue weighted by Gasteiger charge is -2.10. The number of benzene rings is 1. The summed E-state index contributed by atoms with van der Waals surface area (Å²) >= 11 is 0. The molecule has 0 saturated carbocycles. The van der Waals surface area contributed by atoms with E-state index in [0.717, 1.165) is 12.3 Å². The third-order valence-corrected chi connectivity index (χ3v) is 3.76. The minimum absolute atomic E-state index is 0.103. The van der Waals surface area contributed by atoms with E-state index in [2.05, 4.69) is 20.7 Å². The van der Waals surface area contributed by atoms with Crippen LogP contribution in [-0.2, 0) is 9.84 Å². The molecule has 2 N–H and O–H groups in total. The zero-order valence-electron chi connectivity index (χ0n) is 9.75. The van der Waals surface area contributed by atoms with E-state index in [1.54, 1.807) is 0 Å². The Morgan fingerprint density at radius 2 is 2.00 bits per heavy atom. The Labute approximate surface area is 111 Å². The Kier molecular flexibility index (Phi) is 3.74. The molecule has 0 aliphatic heterocycles. The molecule has 106 valence electrons. The number of alkyl halides is 2. The zero-order chi connectivity index (χ0) is 14.8. The molecule has 0 radical (unpaired) electrons. The van der Waals surface area contributed by atoms with Gasteiger partial charge in [0.2, 0.25) is 9.84 Å². The maximum atomic E-state index is 12.6. The quantitative estimate of drug-likeness (QED) is 0.878. The van der Waals surface area contributed by atoms with Gasteiger partial charge in [0.1, 0.15) is 0 Å². The number of halogens is 2. The highest BCUT2D eigenvalue weighted by Gasteiger charge is 2.29. The van der Waals surface area contributed by atoms with Crippen LogP contribution in [0.15, 0.2) is 35.4 Å². The van der Waals surface area contributed by atoms with Gasteiger partial charge < -0.3 is 5.32 Å². The summed E-state index contributed by atoms with van der Waals surface area (Å²) in [6.45, 7) is 0. The van der Waals surface area contributed by atoms with Crippen LogP contribution in [0, 0.1) is 0 Å². The monoisotopic (exact) mass is 302 g/mol. The van der Waals surface area contributed by atoms with E-state index in [-0.39, 0.29) is 11.4 Å². The summed E-state index contributed by atoms with van der Waals surface area (Å²) in [5, 5.41) is 11.3. The number of carbonyl (C=O) groups is 1. The van der Waals surface area contributed by atoms with Crippen LogP contribution in [0.4, 0.5) is 14.5 Å². The Bertz CT molecular complexity index is 716. The first kappa shape index (κ1) is 14.1. The summed E-state index contributed by atoms with van der Waals surface area (Å²) in [4.78, 5) is 11.0. The summed E-state index contributed by atoms with van der Waals surface area (Å²) in [6.07, 6.45) is 1.11. The molecule has 0 unspecified atom stereocenters. The van der Waals surface area contributed by atoms with Gasteiger partial charge in [-0.15, -0.1) is 0 Å². The molecule has 0 fully saturated rings. The Hall–Kier alpha value is -2.36. The average molecular weight is 302 g/mol. The maximum Gasteiger partial charge on any atom is 0.341 e. The van der Waals surface area contributed by atoms with Crippen molar-refractivity contribution in [3.63, 3.8) is 0 Å². The van der Waals surface area contributed by atoms with Crippen molar-refractivity contribution in [2.24, 2.45) is 0 Å². The standard InChI is InChI=1S/C10H8F2N4O3S/c11-10(12)20(18,19)8-4-2-1-3-6(8)14-9(17)7-5-13-16-15-7/h1-5,10H,(H,14,17)(H,13,15,16). The highest BCUT2D eigenvalue weighted by molar-refractivity contribution is 7.91. The fourth-order valence-electron chi connectivity index (χ4n) is 1.41. The molecule has 2 rings (SSSR count). The number of aromatic amines is 1. The van der Waals surface area contributed by atoms with Gasteiger partial charge in [-0.1, -0.05) is 12.1 Å². The van der Waals surface area contributed by atoms with Gasteiger partial charge in [0, 0.05) is 0 Å². The van der Waals surface area contributed by atoms with Crippen molar-refractivity contribution >= 4 is 21.4 Å². The molecule has 1 aromatic heterocycles. The third-order valence-electron chi connectivity index (χ3n) is 2.32. The molecule has 1 amide bonds. The number of H-pyrrole nitrogens is 1. The highest BCUT2D eigenvalue weighted by Crippen LogP contribution is 2.26. The first-order valence-electron chi connectivity index (χ1n) is 5.21. The molecule has 0 spiro atoms. The van der Waals surface area contributed by atoms with Gasteiger partial charge in [-0.25, -0.2) is 8.42 Å². The smallest absolute Gasteiger partial charge is 0.319 e. The van der Waals surface area contributed by atoms with Gasteiger partial charge in [-0.2, -0.15) is 24.2 Å². The lowest BCUT2D eigenvalue weighted by molar-refractivity contribution is 0.102. The van der Waals surface area contributed by atoms with Crippen molar-refractivity contribution in [2.75, 3.05) is 5.32 Å². The number of hydrogen-bond acceptors (Lipinski definition) is 5. The maximum absolute atomic E-state index is 12.6. The van der Waals surface area contributed by atoms with Crippen LogP contribution < -0.4 is 5.32 Å². The highest BCUT2D eigenvalue weighted by atomic mass is 32.2. The molecule has 2 aromatic rings. The number of nitrogens with zero attached hydrogens (tertiary/aromatic N) is 2. The van der Waals surface area contributed by atoms with Crippen molar-refractivity contribution in [1.29, 1.82) is 0 Å². The number of para-hydroxylation sites is 1. The molecule has 0 saturated heterocycles. The van der Waals surface area contributed by atoms with Gasteiger partial charge in [-0.3, -0.25) is 4.79 Å². The number of anilines is 1. The summed E-state index contributed by atoms with van der Waals surface area (Å²) in [5.74, 6) is -4.34. The predicted octanol–water partition coefficient (Wildman–Crippen LogP) is 1.05. The zero-order valence-corrected chi connectivity index (χ0v) is 10.6. The topological polar surface area (TPSA) is 105 Å². The van der Waals surface area contributed by atoms with E-state index in [1.807, 2.05) is 0 Å². The van der Waals surface area contributed by atoms with Gasteiger partial charge in [0.15, 0.2) is 5.69 Å². The largest absolute Gasteiger partial charge is 0.341 e. The van der Waals surface area contributed by atoms with Crippen molar-refractivity contribution < 1.29 is 22.0 Å². The first-order valence-corrected chi connectivity index (χ1v) is 6.76. The van der Waals surface area contributed by atoms with E-state index in [0.29, 0.717) is 0 Å². The molecule has 7 nitrogen and oxygen atoms in total. The Balaban J connectivity index is 2.37. The van der Waals surface area contributed by atoms with E-state index in [1.165, 1.54) is 18.2 Å². The number of aromatic nitrogens is 3. The molecule has 0 atom stereocenters. The fraction of sp³-hybridized carbons (Fsp3) is 0.100. The minimum atomic E-state index is -4.81. The van der Waals surface area contributed by atoms with Crippen LogP contribution in [-0.4, -0.2) is 35.5 Å². The van der Waals surface area contributed by atoms with Crippen LogP contribution >= 0.6 is 0 Å². The second-order valence-corrected chi connectivity index (χ2v) is 5.50. The van der Waals surface area contributed by atoms with Crippen molar-refractivity contribution in [1.82, 2.24) is 15.4 Å². The van der Waals surface area contributed by atoms with Gasteiger partial charge >= 0.3 is 5.76 Å². The van der Waals surface area contributed by atoms with Crippen LogP contribution in [0.3, 0.4) is 0 Å². The lowest BCUT2D eigenvalue weighted by Crippen LogP contribution is -2.18. The van der Waals surface area contributed by atoms with Crippen LogP contribution in [0.25, 0.3) is 0 Å². The van der Waals surface area contributed by atoms with Crippen LogP contribution in [0.5, 0.6) is 0 Å². The molecule has 20 heavy (non-hydrogen) atoms. The number of hydrogen-bond donors (Lipinski definition) is 2. The number of carbonyl (C=O) groups excluding carboxylic acids is 1. The van der Waals surface area contributed by atoms with Gasteiger partial charge in [0.05, 0.1) is 16.8 Å². The molecule has 1 heterocycles. The second kappa shape index (κ2) is 5.33. The number of rotatable bonds is 4. The van der Waals surface area contributed by atoms with Gasteiger partial charge in [-0.05, 0) is 12.1 Å². The van der Waals surface area contributed by atoms with E-state index >= 15 is 0 Å². The van der Waals surface area contributed by atoms with E-state index < -0.39 is 26.4 Å². The van der Waals surface area contributed by atoms with Crippen LogP contribution in [0.2, 0.25) is 0 Å². The second-order valence-electron chi connectivity index (χ2n) is 3.61.